The molecule has 1 aromatic heterocycles. The van der Waals surface area contributed by atoms with E-state index < -0.39 is 11.6 Å². The fourth-order valence-electron chi connectivity index (χ4n) is 4.13. The summed E-state index contributed by atoms with van der Waals surface area (Å²) in [5.74, 6) is 0.109. The summed E-state index contributed by atoms with van der Waals surface area (Å²) in [7, 11) is 0. The smallest absolute Gasteiger partial charge is 0.292 e. The van der Waals surface area contributed by atoms with Crippen LogP contribution >= 0.6 is 0 Å². The lowest BCUT2D eigenvalue weighted by atomic mass is 9.67. The van der Waals surface area contributed by atoms with Crippen LogP contribution < -0.4 is 0 Å². The molecular weight excluding hydrogens is 322 g/mol. The second-order valence-electron chi connectivity index (χ2n) is 8.10. The Morgan fingerprint density at radius 3 is 2.48 bits per heavy atom. The van der Waals surface area contributed by atoms with Crippen molar-refractivity contribution < 1.29 is 19.2 Å². The van der Waals surface area contributed by atoms with Gasteiger partial charge in [0.2, 0.25) is 11.7 Å². The molecule has 2 saturated heterocycles. The zero-order valence-corrected chi connectivity index (χ0v) is 15.4. The molecule has 138 valence electrons. The number of carbonyl (C=O) groups excluding carboxylic acids is 2. The van der Waals surface area contributed by atoms with Crippen molar-refractivity contribution >= 4 is 11.8 Å². The molecule has 0 saturated carbocycles. The molecule has 2 aliphatic heterocycles. The molecule has 7 heteroatoms. The van der Waals surface area contributed by atoms with Gasteiger partial charge >= 0.3 is 0 Å². The summed E-state index contributed by atoms with van der Waals surface area (Å²) in [5.41, 5.74) is 0.00223. The van der Waals surface area contributed by atoms with Crippen LogP contribution in [0.2, 0.25) is 0 Å². The van der Waals surface area contributed by atoms with Gasteiger partial charge in [-0.1, -0.05) is 5.16 Å². The molecule has 0 radical (unpaired) electrons. The maximum atomic E-state index is 12.5. The number of aryl methyl sites for hydroxylation is 1. The van der Waals surface area contributed by atoms with Crippen molar-refractivity contribution in [2.24, 2.45) is 5.41 Å². The summed E-state index contributed by atoms with van der Waals surface area (Å²) in [6.07, 6.45) is 1.63. The minimum Gasteiger partial charge on any atom is -0.391 e. The van der Waals surface area contributed by atoms with Gasteiger partial charge in [-0.05, 0) is 45.4 Å². The van der Waals surface area contributed by atoms with Crippen molar-refractivity contribution in [1.29, 1.82) is 0 Å². The number of hydrogen-bond acceptors (Lipinski definition) is 5. The average Bonchev–Trinajstić information content (AvgIpc) is 2.98. The minimum absolute atomic E-state index is 0.0150. The summed E-state index contributed by atoms with van der Waals surface area (Å²) in [6.45, 7) is 8.99. The van der Waals surface area contributed by atoms with Gasteiger partial charge in [-0.15, -0.1) is 0 Å². The van der Waals surface area contributed by atoms with Crippen molar-refractivity contribution in [3.8, 4) is 0 Å². The van der Waals surface area contributed by atoms with E-state index in [1.165, 1.54) is 0 Å². The van der Waals surface area contributed by atoms with Gasteiger partial charge in [0.1, 0.15) is 0 Å². The number of hydrogen-bond donors (Lipinski definition) is 1. The topological polar surface area (TPSA) is 86.9 Å². The van der Waals surface area contributed by atoms with Gasteiger partial charge in [-0.2, -0.15) is 0 Å². The number of nitrogens with zero attached hydrogens (tertiary/aromatic N) is 3. The Morgan fingerprint density at radius 1 is 1.32 bits per heavy atom. The molecule has 0 bridgehead atoms. The minimum atomic E-state index is -0.565. The Kier molecular flexibility index (Phi) is 4.39. The van der Waals surface area contributed by atoms with Gasteiger partial charge in [0.15, 0.2) is 0 Å². The van der Waals surface area contributed by atoms with Crippen LogP contribution in [0.1, 0.15) is 56.3 Å². The fourth-order valence-corrected chi connectivity index (χ4v) is 4.13. The third kappa shape index (κ3) is 3.17. The quantitative estimate of drug-likeness (QED) is 0.832. The Labute approximate surface area is 147 Å². The highest BCUT2D eigenvalue weighted by molar-refractivity contribution is 5.91. The first-order valence-electron chi connectivity index (χ1n) is 8.83. The van der Waals surface area contributed by atoms with Crippen LogP contribution in [-0.4, -0.2) is 63.2 Å². The van der Waals surface area contributed by atoms with E-state index in [4.69, 9.17) is 4.52 Å². The first kappa shape index (κ1) is 17.9. The lowest BCUT2D eigenvalue weighted by Crippen LogP contribution is -2.64. The van der Waals surface area contributed by atoms with Crippen LogP contribution in [-0.2, 0) is 4.79 Å². The van der Waals surface area contributed by atoms with E-state index in [-0.39, 0.29) is 23.0 Å². The molecule has 3 heterocycles. The molecule has 1 N–H and O–H groups in total. The van der Waals surface area contributed by atoms with Gasteiger partial charge in [-0.25, -0.2) is 0 Å². The van der Waals surface area contributed by atoms with Gasteiger partial charge < -0.3 is 19.4 Å². The zero-order chi connectivity index (χ0) is 18.4. The molecule has 7 nitrogen and oxygen atoms in total. The predicted octanol–water partition coefficient (Wildman–Crippen LogP) is 1.60. The van der Waals surface area contributed by atoms with Gasteiger partial charge in [0.05, 0.1) is 17.3 Å². The summed E-state index contributed by atoms with van der Waals surface area (Å²) >= 11 is 0. The molecule has 1 unspecified atom stereocenters. The lowest BCUT2D eigenvalue weighted by Gasteiger charge is -2.55. The lowest BCUT2D eigenvalue weighted by molar-refractivity contribution is -0.156. The SMILES string of the molecule is CC(=O)N1CC2(CCN(C(=O)c3cc(C)no3)CC2)CC(O)C1(C)C. The third-order valence-electron chi connectivity index (χ3n) is 5.96. The summed E-state index contributed by atoms with van der Waals surface area (Å²) < 4.78 is 5.08. The number of piperidine rings is 2. The standard InChI is InChI=1S/C18H27N3O4/c1-12-9-14(25-19-12)16(24)20-7-5-18(6-8-20)10-15(23)17(3,4)21(11-18)13(2)22/h9,15,23H,5-8,10-11H2,1-4H3. The first-order chi connectivity index (χ1) is 11.6. The Morgan fingerprint density at radius 2 is 1.96 bits per heavy atom. The van der Waals surface area contributed by atoms with E-state index >= 15 is 0 Å². The van der Waals surface area contributed by atoms with E-state index in [9.17, 15) is 14.7 Å². The van der Waals surface area contributed by atoms with Crippen LogP contribution in [0, 0.1) is 12.3 Å². The highest BCUT2D eigenvalue weighted by Gasteiger charge is 2.50. The predicted molar refractivity (Wildman–Crippen MR) is 90.9 cm³/mol. The van der Waals surface area contributed by atoms with Crippen LogP contribution in [0.25, 0.3) is 0 Å². The molecule has 25 heavy (non-hydrogen) atoms. The molecule has 0 aromatic carbocycles. The van der Waals surface area contributed by atoms with E-state index in [1.807, 2.05) is 13.8 Å². The zero-order valence-electron chi connectivity index (χ0n) is 15.4. The maximum Gasteiger partial charge on any atom is 0.292 e. The molecule has 2 aliphatic rings. The van der Waals surface area contributed by atoms with Gasteiger partial charge in [-0.3, -0.25) is 9.59 Å². The van der Waals surface area contributed by atoms with Gasteiger partial charge in [0.25, 0.3) is 5.91 Å². The largest absolute Gasteiger partial charge is 0.391 e. The Balaban J connectivity index is 1.70. The number of aliphatic hydroxyl groups excluding tert-OH is 1. The van der Waals surface area contributed by atoms with Crippen LogP contribution in [0.15, 0.2) is 10.6 Å². The molecule has 3 rings (SSSR count). The normalized spacial score (nSPS) is 25.2. The van der Waals surface area contributed by atoms with Gasteiger partial charge in [0, 0.05) is 32.6 Å². The number of carbonyl (C=O) groups is 2. The highest BCUT2D eigenvalue weighted by atomic mass is 16.5. The number of likely N-dealkylation sites (tertiary alicyclic amines) is 2. The van der Waals surface area contributed by atoms with E-state index in [0.717, 1.165) is 12.8 Å². The third-order valence-corrected chi connectivity index (χ3v) is 5.96. The molecule has 0 aliphatic carbocycles. The molecule has 1 spiro atoms. The number of aromatic nitrogens is 1. The van der Waals surface area contributed by atoms with Crippen molar-refractivity contribution in [2.75, 3.05) is 19.6 Å². The second kappa shape index (κ2) is 6.12. The molecule has 2 fully saturated rings. The highest BCUT2D eigenvalue weighted by Crippen LogP contribution is 2.45. The van der Waals surface area contributed by atoms with Crippen molar-refractivity contribution in [3.05, 3.63) is 17.5 Å². The first-order valence-corrected chi connectivity index (χ1v) is 8.83. The fraction of sp³-hybridized carbons (Fsp3) is 0.722. The number of amides is 2. The monoisotopic (exact) mass is 349 g/mol. The maximum absolute atomic E-state index is 12.5. The summed E-state index contributed by atoms with van der Waals surface area (Å²) in [4.78, 5) is 28.1. The van der Waals surface area contributed by atoms with E-state index in [0.29, 0.717) is 31.7 Å². The number of rotatable bonds is 1. The molecule has 1 aromatic rings. The van der Waals surface area contributed by atoms with E-state index in [2.05, 4.69) is 5.16 Å². The summed E-state index contributed by atoms with van der Waals surface area (Å²) in [6, 6.07) is 1.65. The van der Waals surface area contributed by atoms with Crippen LogP contribution in [0.3, 0.4) is 0 Å². The molecular formula is C18H27N3O4. The second-order valence-corrected chi connectivity index (χ2v) is 8.10. The molecule has 1 atom stereocenters. The molecule has 2 amide bonds. The number of aliphatic hydroxyl groups is 1. The van der Waals surface area contributed by atoms with Crippen molar-refractivity contribution in [2.45, 2.75) is 58.6 Å². The van der Waals surface area contributed by atoms with Crippen LogP contribution in [0.4, 0.5) is 0 Å². The Hall–Kier alpha value is -1.89. The van der Waals surface area contributed by atoms with Crippen molar-refractivity contribution in [3.63, 3.8) is 0 Å². The van der Waals surface area contributed by atoms with Crippen LogP contribution in [0.5, 0.6) is 0 Å². The van der Waals surface area contributed by atoms with E-state index in [1.54, 1.807) is 29.7 Å². The van der Waals surface area contributed by atoms with Crippen molar-refractivity contribution in [1.82, 2.24) is 15.0 Å². The average molecular weight is 349 g/mol. The Bertz CT molecular complexity index is 674. The summed E-state index contributed by atoms with van der Waals surface area (Å²) in [5, 5.41) is 14.4.